The smallest absolute Gasteiger partial charge is 0.330 e. The third-order valence-corrected chi connectivity index (χ3v) is 5.34. The Morgan fingerprint density at radius 2 is 1.93 bits per heavy atom. The van der Waals surface area contributed by atoms with Gasteiger partial charge in [-0.25, -0.2) is 4.79 Å². The number of nitrogen functional groups attached to an aromatic ring is 1. The molecule has 1 aromatic rings. The quantitative estimate of drug-likeness (QED) is 0.615. The molecule has 1 fully saturated rings. The Hall–Kier alpha value is -2.09. The molecule has 8 heteroatoms. The minimum atomic E-state index is -0.599. The van der Waals surface area contributed by atoms with Crippen molar-refractivity contribution in [3.05, 3.63) is 20.8 Å². The number of quaternary nitrogens is 1. The summed E-state index contributed by atoms with van der Waals surface area (Å²) in [5.74, 6) is 0.274. The van der Waals surface area contributed by atoms with E-state index in [1.807, 2.05) is 27.7 Å². The lowest BCUT2D eigenvalue weighted by Crippen LogP contribution is -3.17. The zero-order chi connectivity index (χ0) is 21.0. The molecular weight excluding hydrogens is 358 g/mol. The molecule has 2 rings (SSSR count). The number of aromatic nitrogens is 2. The zero-order valence-electron chi connectivity index (χ0n) is 17.9. The van der Waals surface area contributed by atoms with E-state index >= 15 is 0 Å². The van der Waals surface area contributed by atoms with Gasteiger partial charge in [-0.2, -0.15) is 0 Å². The number of hydrogen-bond donors (Lipinski definition) is 3. The number of H-pyrrole nitrogens is 1. The lowest BCUT2D eigenvalue weighted by Gasteiger charge is -2.32. The summed E-state index contributed by atoms with van der Waals surface area (Å²) < 4.78 is 1.36. The van der Waals surface area contributed by atoms with Crippen molar-refractivity contribution in [2.45, 2.75) is 66.5 Å². The number of likely N-dealkylation sites (tertiary alicyclic amines) is 1. The van der Waals surface area contributed by atoms with Gasteiger partial charge in [0.25, 0.3) is 11.5 Å². The molecular formula is C20H36N5O3+. The highest BCUT2D eigenvalue weighted by molar-refractivity contribution is 5.96. The van der Waals surface area contributed by atoms with Gasteiger partial charge >= 0.3 is 5.69 Å². The molecule has 1 unspecified atom stereocenters. The first-order valence-corrected chi connectivity index (χ1v) is 10.4. The topological polar surface area (TPSA) is 106 Å². The molecule has 1 aliphatic rings. The first kappa shape index (κ1) is 22.2. The van der Waals surface area contributed by atoms with Crippen LogP contribution in [0.5, 0.6) is 0 Å². The highest BCUT2D eigenvalue weighted by Gasteiger charge is 2.30. The number of carbonyl (C=O) groups is 1. The Bertz CT molecular complexity index is 796. The molecule has 1 aliphatic heterocycles. The van der Waals surface area contributed by atoms with Crippen LogP contribution in [-0.2, 0) is 11.3 Å². The van der Waals surface area contributed by atoms with Crippen LogP contribution in [0.25, 0.3) is 0 Å². The van der Waals surface area contributed by atoms with Gasteiger partial charge in [-0.15, -0.1) is 0 Å². The molecule has 1 saturated heterocycles. The molecule has 2 heterocycles. The number of carbonyl (C=O) groups excluding carboxylic acids is 1. The number of piperidine rings is 1. The van der Waals surface area contributed by atoms with E-state index in [0.29, 0.717) is 25.7 Å². The Kier molecular flexibility index (Phi) is 7.46. The summed E-state index contributed by atoms with van der Waals surface area (Å²) in [4.78, 5) is 43.2. The normalized spacial score (nSPS) is 20.0. The number of nitrogens with two attached hydrogens (primary N) is 1. The van der Waals surface area contributed by atoms with Crippen LogP contribution < -0.4 is 26.8 Å². The van der Waals surface area contributed by atoms with Gasteiger partial charge in [-0.3, -0.25) is 24.0 Å². The van der Waals surface area contributed by atoms with Crippen LogP contribution in [0.3, 0.4) is 0 Å². The molecule has 28 heavy (non-hydrogen) atoms. The van der Waals surface area contributed by atoms with Crippen molar-refractivity contribution in [2.75, 3.05) is 30.3 Å². The van der Waals surface area contributed by atoms with Gasteiger partial charge in [-0.1, -0.05) is 27.7 Å². The monoisotopic (exact) mass is 394 g/mol. The Morgan fingerprint density at radius 3 is 2.50 bits per heavy atom. The maximum Gasteiger partial charge on any atom is 0.330 e. The minimum absolute atomic E-state index is 0.0677. The summed E-state index contributed by atoms with van der Waals surface area (Å²) in [6, 6.07) is 0.420. The van der Waals surface area contributed by atoms with E-state index < -0.39 is 11.2 Å². The van der Waals surface area contributed by atoms with Gasteiger partial charge in [0.2, 0.25) is 0 Å². The molecule has 0 aliphatic carbocycles. The second-order valence-corrected chi connectivity index (χ2v) is 8.88. The SMILES string of the molecule is CC(C)CN(C(=O)C[NH+]1CCCC[C@H]1C)c1c(N)n(CC(C)C)c(=O)[nH]c1=O. The van der Waals surface area contributed by atoms with E-state index in [4.69, 9.17) is 5.73 Å². The fourth-order valence-corrected chi connectivity index (χ4v) is 3.87. The number of rotatable bonds is 7. The molecule has 0 radical (unpaired) electrons. The maximum atomic E-state index is 13.2. The number of hydrogen-bond acceptors (Lipinski definition) is 4. The van der Waals surface area contributed by atoms with E-state index in [2.05, 4.69) is 11.9 Å². The molecule has 1 amide bonds. The highest BCUT2D eigenvalue weighted by Crippen LogP contribution is 2.19. The van der Waals surface area contributed by atoms with Crippen LogP contribution in [0.1, 0.15) is 53.9 Å². The van der Waals surface area contributed by atoms with Crippen molar-refractivity contribution < 1.29 is 9.69 Å². The van der Waals surface area contributed by atoms with Crippen LogP contribution in [0.15, 0.2) is 9.59 Å². The van der Waals surface area contributed by atoms with Crippen LogP contribution >= 0.6 is 0 Å². The summed E-state index contributed by atoms with van der Waals surface area (Å²) >= 11 is 0. The van der Waals surface area contributed by atoms with Crippen LogP contribution in [0, 0.1) is 11.8 Å². The van der Waals surface area contributed by atoms with Gasteiger partial charge in [0.05, 0.1) is 12.6 Å². The molecule has 158 valence electrons. The molecule has 0 bridgehead atoms. The predicted molar refractivity (Wildman–Crippen MR) is 112 cm³/mol. The van der Waals surface area contributed by atoms with Gasteiger partial charge < -0.3 is 10.6 Å². The standard InChI is InChI=1S/C20H35N5O3/c1-13(2)10-24(16(26)12-23-9-7-6-8-15(23)5)17-18(21)25(11-14(3)4)20(28)22-19(17)27/h13-15H,6-12,21H2,1-5H3,(H,22,27,28)/p+1/t15-/m1/s1. The lowest BCUT2D eigenvalue weighted by molar-refractivity contribution is -0.920. The van der Waals surface area contributed by atoms with Crippen molar-refractivity contribution in [3.63, 3.8) is 0 Å². The van der Waals surface area contributed by atoms with E-state index in [9.17, 15) is 14.4 Å². The molecule has 0 spiro atoms. The average Bonchev–Trinajstić information content (AvgIpc) is 2.59. The van der Waals surface area contributed by atoms with E-state index in [0.717, 1.165) is 19.4 Å². The zero-order valence-corrected chi connectivity index (χ0v) is 17.9. The molecule has 1 aromatic heterocycles. The Balaban J connectivity index is 2.43. The van der Waals surface area contributed by atoms with Gasteiger partial charge in [0.15, 0.2) is 12.2 Å². The van der Waals surface area contributed by atoms with Crippen LogP contribution in [0.2, 0.25) is 0 Å². The molecule has 0 aromatic carbocycles. The Labute approximate surface area is 166 Å². The van der Waals surface area contributed by atoms with Crippen molar-refractivity contribution in [1.29, 1.82) is 0 Å². The second-order valence-electron chi connectivity index (χ2n) is 8.88. The second kappa shape index (κ2) is 9.41. The first-order chi connectivity index (χ1) is 13.1. The predicted octanol–water partition coefficient (Wildman–Crippen LogP) is 0.221. The number of nitrogens with zero attached hydrogens (tertiary/aromatic N) is 2. The minimum Gasteiger partial charge on any atom is -0.383 e. The van der Waals surface area contributed by atoms with Crippen molar-refractivity contribution in [1.82, 2.24) is 9.55 Å². The molecule has 8 nitrogen and oxygen atoms in total. The summed E-state index contributed by atoms with van der Waals surface area (Å²) in [6.07, 6.45) is 3.41. The molecule has 0 saturated carbocycles. The number of aromatic amines is 1. The summed E-state index contributed by atoms with van der Waals surface area (Å²) in [6.45, 7) is 12.1. The lowest BCUT2D eigenvalue weighted by atomic mass is 10.0. The van der Waals surface area contributed by atoms with Gasteiger partial charge in [-0.05, 0) is 38.0 Å². The van der Waals surface area contributed by atoms with Gasteiger partial charge in [0.1, 0.15) is 5.82 Å². The van der Waals surface area contributed by atoms with E-state index in [-0.39, 0.29) is 29.2 Å². The van der Waals surface area contributed by atoms with Crippen LogP contribution in [-0.4, -0.2) is 41.1 Å². The summed E-state index contributed by atoms with van der Waals surface area (Å²) in [5, 5.41) is 0. The number of nitrogens with one attached hydrogen (secondary N) is 2. The number of amides is 1. The third kappa shape index (κ3) is 5.25. The average molecular weight is 395 g/mol. The molecule has 2 atom stereocenters. The van der Waals surface area contributed by atoms with Crippen molar-refractivity contribution in [3.8, 4) is 0 Å². The van der Waals surface area contributed by atoms with Gasteiger partial charge in [0, 0.05) is 13.1 Å². The molecule has 4 N–H and O–H groups in total. The van der Waals surface area contributed by atoms with Crippen LogP contribution in [0.4, 0.5) is 11.5 Å². The largest absolute Gasteiger partial charge is 0.383 e. The first-order valence-electron chi connectivity index (χ1n) is 10.4. The van der Waals surface area contributed by atoms with E-state index in [1.54, 1.807) is 0 Å². The Morgan fingerprint density at radius 1 is 1.25 bits per heavy atom. The number of anilines is 2. The summed E-state index contributed by atoms with van der Waals surface area (Å²) in [5.41, 5.74) is 5.22. The highest BCUT2D eigenvalue weighted by atomic mass is 16.2. The van der Waals surface area contributed by atoms with E-state index in [1.165, 1.54) is 20.8 Å². The van der Waals surface area contributed by atoms with Crippen molar-refractivity contribution in [2.24, 2.45) is 11.8 Å². The fourth-order valence-electron chi connectivity index (χ4n) is 3.87. The fraction of sp³-hybridized carbons (Fsp3) is 0.750. The maximum absolute atomic E-state index is 13.2. The summed E-state index contributed by atoms with van der Waals surface area (Å²) in [7, 11) is 0. The third-order valence-electron chi connectivity index (χ3n) is 5.34. The van der Waals surface area contributed by atoms with Crippen molar-refractivity contribution >= 4 is 17.4 Å².